The van der Waals surface area contributed by atoms with Crippen molar-refractivity contribution in [3.63, 3.8) is 0 Å². The summed E-state index contributed by atoms with van der Waals surface area (Å²) < 4.78 is 80.5. The molecule has 2 aromatic carbocycles. The first-order valence-corrected chi connectivity index (χ1v) is 11.4. The third-order valence-electron chi connectivity index (χ3n) is 5.82. The van der Waals surface area contributed by atoms with E-state index in [9.17, 15) is 26.3 Å². The van der Waals surface area contributed by atoms with Crippen molar-refractivity contribution in [1.82, 2.24) is 10.2 Å². The Labute approximate surface area is 196 Å². The molecule has 2 aromatic rings. The Hall–Kier alpha value is -2.50. The first-order chi connectivity index (χ1) is 16.1. The Bertz CT molecular complexity index is 961. The number of rotatable bonds is 6. The summed E-state index contributed by atoms with van der Waals surface area (Å²) in [6.45, 7) is 4.22. The van der Waals surface area contributed by atoms with Crippen LogP contribution in [0.2, 0.25) is 0 Å². The van der Waals surface area contributed by atoms with Crippen LogP contribution in [0, 0.1) is 11.8 Å². The number of hydrogen-bond donors (Lipinski definition) is 1. The van der Waals surface area contributed by atoms with Crippen molar-refractivity contribution in [3.8, 4) is 11.8 Å². The topological polar surface area (TPSA) is 15.3 Å². The third kappa shape index (κ3) is 7.25. The van der Waals surface area contributed by atoms with Crippen molar-refractivity contribution in [1.29, 1.82) is 0 Å². The molecule has 8 heteroatoms. The van der Waals surface area contributed by atoms with E-state index >= 15 is 0 Å². The lowest BCUT2D eigenvalue weighted by atomic mass is 9.97. The zero-order chi connectivity index (χ0) is 24.8. The lowest BCUT2D eigenvalue weighted by molar-refractivity contribution is -0.143. The number of alkyl halides is 6. The van der Waals surface area contributed by atoms with Crippen LogP contribution >= 0.6 is 0 Å². The minimum Gasteiger partial charge on any atom is -0.314 e. The first kappa shape index (κ1) is 26.1. The van der Waals surface area contributed by atoms with Gasteiger partial charge in [0.15, 0.2) is 0 Å². The van der Waals surface area contributed by atoms with Crippen molar-refractivity contribution < 1.29 is 26.3 Å². The molecule has 0 aromatic heterocycles. The smallest absolute Gasteiger partial charge is 0.314 e. The average molecular weight is 483 g/mol. The summed E-state index contributed by atoms with van der Waals surface area (Å²) in [6, 6.07) is 8.45. The lowest BCUT2D eigenvalue weighted by Crippen LogP contribution is -2.45. The average Bonchev–Trinajstić information content (AvgIpc) is 2.80. The summed E-state index contributed by atoms with van der Waals surface area (Å²) in [7, 11) is 0. The molecule has 0 radical (unpaired) electrons. The number of hydrogen-bond acceptors (Lipinski definition) is 2. The van der Waals surface area contributed by atoms with E-state index in [1.807, 2.05) is 29.2 Å². The molecule has 0 aliphatic carbocycles. The van der Waals surface area contributed by atoms with E-state index in [2.05, 4.69) is 24.1 Å². The van der Waals surface area contributed by atoms with Crippen molar-refractivity contribution >= 4 is 0 Å². The van der Waals surface area contributed by atoms with Crippen LogP contribution in [0.1, 0.15) is 60.0 Å². The molecule has 1 saturated heterocycles. The van der Waals surface area contributed by atoms with Gasteiger partial charge in [0.2, 0.25) is 0 Å². The molecule has 1 unspecified atom stereocenters. The number of nitrogens with zero attached hydrogens (tertiary/aromatic N) is 1. The van der Waals surface area contributed by atoms with Crippen molar-refractivity contribution in [2.24, 2.45) is 0 Å². The van der Waals surface area contributed by atoms with Crippen LogP contribution < -0.4 is 5.32 Å². The second-order valence-corrected chi connectivity index (χ2v) is 8.45. The van der Waals surface area contributed by atoms with E-state index in [0.29, 0.717) is 31.7 Å². The Morgan fingerprint density at radius 2 is 1.47 bits per heavy atom. The van der Waals surface area contributed by atoms with Crippen LogP contribution in [0.4, 0.5) is 26.3 Å². The third-order valence-corrected chi connectivity index (χ3v) is 5.82. The maximum atomic E-state index is 13.4. The van der Waals surface area contributed by atoms with Crippen molar-refractivity contribution in [2.75, 3.05) is 26.2 Å². The predicted octanol–water partition coefficient (Wildman–Crippen LogP) is 6.45. The summed E-state index contributed by atoms with van der Waals surface area (Å²) in [5, 5.41) is 3.14. The quantitative estimate of drug-likeness (QED) is 0.289. The predicted molar refractivity (Wildman–Crippen MR) is 120 cm³/mol. The molecule has 0 bridgehead atoms. The highest BCUT2D eigenvalue weighted by Gasteiger charge is 2.38. The number of aryl methyl sites for hydroxylation is 1. The van der Waals surface area contributed by atoms with E-state index in [4.69, 9.17) is 0 Å². The normalized spacial score (nSPS) is 16.1. The number of unbranched alkanes of at least 4 members (excludes halogenated alkanes) is 2. The van der Waals surface area contributed by atoms with E-state index in [0.717, 1.165) is 37.8 Å². The van der Waals surface area contributed by atoms with Crippen LogP contribution in [0.15, 0.2) is 42.5 Å². The van der Waals surface area contributed by atoms with Crippen LogP contribution in [0.5, 0.6) is 0 Å². The Morgan fingerprint density at radius 3 is 2.00 bits per heavy atom. The highest BCUT2D eigenvalue weighted by molar-refractivity contribution is 5.42. The van der Waals surface area contributed by atoms with Crippen LogP contribution in [0.3, 0.4) is 0 Å². The SMILES string of the molecule is CCCCCc1ccc(C#CC(c2cc(C(F)(F)F)cc(C(F)(F)F)c2)N2CCNCC2)cc1. The number of halogens is 6. The molecule has 1 aliphatic heterocycles. The minimum absolute atomic E-state index is 0.104. The second-order valence-electron chi connectivity index (χ2n) is 8.45. The van der Waals surface area contributed by atoms with Gasteiger partial charge >= 0.3 is 12.4 Å². The van der Waals surface area contributed by atoms with E-state index in [-0.39, 0.29) is 11.6 Å². The molecular formula is C26H28F6N2. The molecule has 1 atom stereocenters. The first-order valence-electron chi connectivity index (χ1n) is 11.4. The Balaban J connectivity index is 1.97. The maximum Gasteiger partial charge on any atom is 0.416 e. The van der Waals surface area contributed by atoms with Crippen LogP contribution in [-0.4, -0.2) is 31.1 Å². The van der Waals surface area contributed by atoms with Crippen molar-refractivity contribution in [2.45, 2.75) is 51.0 Å². The lowest BCUT2D eigenvalue weighted by Gasteiger charge is -2.33. The monoisotopic (exact) mass is 482 g/mol. The van der Waals surface area contributed by atoms with Gasteiger partial charge < -0.3 is 5.32 Å². The van der Waals surface area contributed by atoms with Gasteiger partial charge in [-0.05, 0) is 54.3 Å². The minimum atomic E-state index is -4.90. The maximum absolute atomic E-state index is 13.4. The van der Waals surface area contributed by atoms with Gasteiger partial charge in [0.1, 0.15) is 0 Å². The van der Waals surface area contributed by atoms with Gasteiger partial charge in [-0.1, -0.05) is 43.7 Å². The Morgan fingerprint density at radius 1 is 0.882 bits per heavy atom. The van der Waals surface area contributed by atoms with Gasteiger partial charge in [0, 0.05) is 31.7 Å². The van der Waals surface area contributed by atoms with Gasteiger partial charge in [-0.15, -0.1) is 0 Å². The highest BCUT2D eigenvalue weighted by Crippen LogP contribution is 2.38. The van der Waals surface area contributed by atoms with Gasteiger partial charge in [0.25, 0.3) is 0 Å². The molecule has 0 amide bonds. The van der Waals surface area contributed by atoms with Crippen molar-refractivity contribution in [3.05, 3.63) is 70.3 Å². The zero-order valence-corrected chi connectivity index (χ0v) is 19.0. The summed E-state index contributed by atoms with van der Waals surface area (Å²) in [5.74, 6) is 5.94. The largest absolute Gasteiger partial charge is 0.416 e. The number of nitrogens with one attached hydrogen (secondary N) is 1. The van der Waals surface area contributed by atoms with E-state index in [1.54, 1.807) is 0 Å². The molecule has 0 saturated carbocycles. The summed E-state index contributed by atoms with van der Waals surface area (Å²) in [5.41, 5.74) is -0.910. The fraction of sp³-hybridized carbons (Fsp3) is 0.462. The molecular weight excluding hydrogens is 454 g/mol. The van der Waals surface area contributed by atoms with E-state index in [1.165, 1.54) is 5.56 Å². The molecule has 1 heterocycles. The van der Waals surface area contributed by atoms with Gasteiger partial charge in [-0.2, -0.15) is 26.3 Å². The second kappa shape index (κ2) is 11.3. The molecule has 3 rings (SSSR count). The molecule has 184 valence electrons. The van der Waals surface area contributed by atoms with Gasteiger partial charge in [0.05, 0.1) is 17.2 Å². The van der Waals surface area contributed by atoms with Gasteiger partial charge in [-0.25, -0.2) is 0 Å². The molecule has 0 spiro atoms. The standard InChI is InChI=1S/C26H28F6N2/c1-2-3-4-5-19-6-8-20(9-7-19)10-11-24(34-14-12-33-13-15-34)21-16-22(25(27,28)29)18-23(17-21)26(30,31)32/h6-9,16-18,24,33H,2-5,12-15H2,1H3. The van der Waals surface area contributed by atoms with Crippen LogP contribution in [-0.2, 0) is 18.8 Å². The fourth-order valence-electron chi connectivity index (χ4n) is 3.95. The fourth-order valence-corrected chi connectivity index (χ4v) is 3.95. The van der Waals surface area contributed by atoms with E-state index < -0.39 is 29.5 Å². The molecule has 2 nitrogen and oxygen atoms in total. The molecule has 1 N–H and O–H groups in total. The Kier molecular flexibility index (Phi) is 8.67. The molecule has 1 aliphatic rings. The zero-order valence-electron chi connectivity index (χ0n) is 19.0. The molecule has 34 heavy (non-hydrogen) atoms. The highest BCUT2D eigenvalue weighted by atomic mass is 19.4. The number of piperazine rings is 1. The summed E-state index contributed by atoms with van der Waals surface area (Å²) >= 11 is 0. The summed E-state index contributed by atoms with van der Waals surface area (Å²) in [4.78, 5) is 1.82. The van der Waals surface area contributed by atoms with Crippen LogP contribution in [0.25, 0.3) is 0 Å². The molecule has 1 fully saturated rings. The summed E-state index contributed by atoms with van der Waals surface area (Å²) in [6.07, 6.45) is -5.48. The van der Waals surface area contributed by atoms with Gasteiger partial charge in [-0.3, -0.25) is 4.90 Å². The number of benzene rings is 2.